The number of anilines is 1. The molecule has 0 unspecified atom stereocenters. The Kier molecular flexibility index (Phi) is 9.33. The molecule has 3 aromatic carbocycles. The van der Waals surface area contributed by atoms with Crippen molar-refractivity contribution in [2.75, 3.05) is 17.7 Å². The average Bonchev–Trinajstić information content (AvgIpc) is 2.82. The van der Waals surface area contributed by atoms with Crippen LogP contribution in [0.5, 0.6) is 0 Å². The molecule has 0 aliphatic heterocycles. The third-order valence-electron chi connectivity index (χ3n) is 4.78. The van der Waals surface area contributed by atoms with E-state index in [1.54, 1.807) is 36.0 Å². The van der Waals surface area contributed by atoms with Crippen molar-refractivity contribution < 1.29 is 14.7 Å². The summed E-state index contributed by atoms with van der Waals surface area (Å²) in [7, 11) is 0. The monoisotopic (exact) mass is 483 g/mol. The Morgan fingerprint density at radius 2 is 1.76 bits per heavy atom. The lowest BCUT2D eigenvalue weighted by molar-refractivity contribution is 0.0933. The number of rotatable bonds is 10. The molecule has 6 nitrogen and oxygen atoms in total. The minimum atomic E-state index is -0.408. The number of hydrazine groups is 1. The Labute approximate surface area is 202 Å². The second-order valence-corrected chi connectivity index (χ2v) is 8.96. The predicted molar refractivity (Wildman–Crippen MR) is 135 cm³/mol. The van der Waals surface area contributed by atoms with Crippen LogP contribution in [-0.4, -0.2) is 29.3 Å². The topological polar surface area (TPSA) is 90.5 Å². The number of amides is 2. The summed E-state index contributed by atoms with van der Waals surface area (Å²) in [5, 5.41) is 12.1. The summed E-state index contributed by atoms with van der Waals surface area (Å²) in [6.07, 6.45) is 0. The van der Waals surface area contributed by atoms with E-state index in [1.165, 1.54) is 6.07 Å². The summed E-state index contributed by atoms with van der Waals surface area (Å²) in [5.74, 6) is 0.600. The molecule has 8 heteroatoms. The zero-order valence-corrected chi connectivity index (χ0v) is 19.8. The van der Waals surface area contributed by atoms with Gasteiger partial charge in [-0.1, -0.05) is 53.6 Å². The Hall–Kier alpha value is -2.84. The molecule has 0 fully saturated rings. The fourth-order valence-electron chi connectivity index (χ4n) is 3.06. The Morgan fingerprint density at radius 1 is 0.970 bits per heavy atom. The lowest BCUT2D eigenvalue weighted by Crippen LogP contribution is -2.37. The van der Waals surface area contributed by atoms with Crippen LogP contribution in [0, 0.1) is 6.92 Å². The Bertz CT molecular complexity index is 1110. The SMILES string of the molecule is Cc1ccc(CNNC(=O)c2cc(Cl)ccc2NC(=O)c2cccc(CSCCO)c2)cc1. The number of halogens is 1. The first-order chi connectivity index (χ1) is 16.0. The first-order valence-electron chi connectivity index (χ1n) is 10.4. The molecule has 0 saturated heterocycles. The maximum Gasteiger partial charge on any atom is 0.267 e. The minimum Gasteiger partial charge on any atom is -0.396 e. The van der Waals surface area contributed by atoms with Gasteiger partial charge in [0.2, 0.25) is 0 Å². The summed E-state index contributed by atoms with van der Waals surface area (Å²) < 4.78 is 0. The molecule has 0 saturated carbocycles. The van der Waals surface area contributed by atoms with E-state index in [9.17, 15) is 9.59 Å². The van der Waals surface area contributed by atoms with Crippen LogP contribution in [0.1, 0.15) is 37.4 Å². The highest BCUT2D eigenvalue weighted by atomic mass is 35.5. The lowest BCUT2D eigenvalue weighted by atomic mass is 10.1. The number of aryl methyl sites for hydroxylation is 1. The second kappa shape index (κ2) is 12.4. The number of hydrogen-bond acceptors (Lipinski definition) is 5. The van der Waals surface area contributed by atoms with Crippen LogP contribution >= 0.6 is 23.4 Å². The smallest absolute Gasteiger partial charge is 0.267 e. The van der Waals surface area contributed by atoms with Crippen molar-refractivity contribution >= 4 is 40.9 Å². The maximum atomic E-state index is 12.8. The third-order valence-corrected chi connectivity index (χ3v) is 6.03. The fraction of sp³-hybridized carbons (Fsp3) is 0.200. The van der Waals surface area contributed by atoms with E-state index in [0.717, 1.165) is 16.7 Å². The van der Waals surface area contributed by atoms with Crippen molar-refractivity contribution in [2.45, 2.75) is 19.2 Å². The van der Waals surface area contributed by atoms with Crippen molar-refractivity contribution in [2.24, 2.45) is 0 Å². The fourth-order valence-corrected chi connectivity index (χ4v) is 3.93. The van der Waals surface area contributed by atoms with Gasteiger partial charge >= 0.3 is 0 Å². The Balaban J connectivity index is 1.66. The van der Waals surface area contributed by atoms with Gasteiger partial charge in [0.25, 0.3) is 11.8 Å². The molecule has 4 N–H and O–H groups in total. The number of nitrogens with one attached hydrogen (secondary N) is 3. The van der Waals surface area contributed by atoms with E-state index >= 15 is 0 Å². The van der Waals surface area contributed by atoms with E-state index in [2.05, 4.69) is 16.2 Å². The van der Waals surface area contributed by atoms with Gasteiger partial charge in [0.1, 0.15) is 0 Å². The van der Waals surface area contributed by atoms with Crippen LogP contribution in [0.4, 0.5) is 5.69 Å². The lowest BCUT2D eigenvalue weighted by Gasteiger charge is -2.13. The summed E-state index contributed by atoms with van der Waals surface area (Å²) in [6.45, 7) is 2.59. The van der Waals surface area contributed by atoms with Gasteiger partial charge in [0.15, 0.2) is 0 Å². The van der Waals surface area contributed by atoms with Crippen LogP contribution < -0.4 is 16.2 Å². The maximum absolute atomic E-state index is 12.8. The van der Waals surface area contributed by atoms with Gasteiger partial charge in [-0.15, -0.1) is 0 Å². The molecule has 0 aliphatic carbocycles. The van der Waals surface area contributed by atoms with E-state index < -0.39 is 5.91 Å². The molecule has 0 bridgehead atoms. The van der Waals surface area contributed by atoms with Crippen molar-refractivity contribution in [3.05, 3.63) is 99.6 Å². The average molecular weight is 484 g/mol. The normalized spacial score (nSPS) is 10.6. The van der Waals surface area contributed by atoms with Gasteiger partial charge in [0, 0.05) is 28.6 Å². The highest BCUT2D eigenvalue weighted by Gasteiger charge is 2.15. The summed E-state index contributed by atoms with van der Waals surface area (Å²) in [6, 6.07) is 20.0. The minimum absolute atomic E-state index is 0.117. The number of carbonyl (C=O) groups excluding carboxylic acids is 2. The standard InChI is InChI=1S/C25H26ClN3O3S/c1-17-5-7-18(8-6-17)15-27-29-25(32)22-14-21(26)9-10-23(22)28-24(31)20-4-2-3-19(13-20)16-33-12-11-30/h2-10,13-14,27,30H,11-12,15-16H2,1H3,(H,28,31)(H,29,32). The molecule has 2 amide bonds. The van der Waals surface area contributed by atoms with E-state index in [-0.39, 0.29) is 18.1 Å². The number of benzene rings is 3. The number of thioether (sulfide) groups is 1. The first-order valence-corrected chi connectivity index (χ1v) is 12.0. The van der Waals surface area contributed by atoms with E-state index in [1.807, 2.05) is 43.3 Å². The van der Waals surface area contributed by atoms with E-state index in [0.29, 0.717) is 34.3 Å². The Morgan fingerprint density at radius 3 is 2.52 bits per heavy atom. The molecule has 3 aromatic rings. The van der Waals surface area contributed by atoms with Crippen LogP contribution in [0.2, 0.25) is 5.02 Å². The molecule has 0 radical (unpaired) electrons. The molecule has 0 aromatic heterocycles. The molecule has 172 valence electrons. The summed E-state index contributed by atoms with van der Waals surface area (Å²) in [4.78, 5) is 25.6. The van der Waals surface area contributed by atoms with Crippen LogP contribution in [-0.2, 0) is 12.3 Å². The largest absolute Gasteiger partial charge is 0.396 e. The quantitative estimate of drug-likeness (QED) is 0.251. The number of hydrogen-bond donors (Lipinski definition) is 4. The van der Waals surface area contributed by atoms with Gasteiger partial charge in [0.05, 0.1) is 17.9 Å². The van der Waals surface area contributed by atoms with Gasteiger partial charge in [-0.05, 0) is 48.4 Å². The summed E-state index contributed by atoms with van der Waals surface area (Å²) in [5.41, 5.74) is 9.83. The number of aliphatic hydroxyl groups is 1. The van der Waals surface area contributed by atoms with Crippen molar-refractivity contribution in [1.29, 1.82) is 0 Å². The highest BCUT2D eigenvalue weighted by molar-refractivity contribution is 7.98. The van der Waals surface area contributed by atoms with Crippen molar-refractivity contribution in [1.82, 2.24) is 10.9 Å². The molecule has 0 atom stereocenters. The molecule has 0 spiro atoms. The van der Waals surface area contributed by atoms with Crippen LogP contribution in [0.25, 0.3) is 0 Å². The van der Waals surface area contributed by atoms with Gasteiger partial charge in [-0.3, -0.25) is 15.0 Å². The number of carbonyl (C=O) groups is 2. The van der Waals surface area contributed by atoms with Crippen LogP contribution in [0.15, 0.2) is 66.7 Å². The van der Waals surface area contributed by atoms with E-state index in [4.69, 9.17) is 16.7 Å². The predicted octanol–water partition coefficient (Wildman–Crippen LogP) is 4.56. The molecule has 0 heterocycles. The molecule has 3 rings (SSSR count). The highest BCUT2D eigenvalue weighted by Crippen LogP contribution is 2.22. The molecule has 0 aliphatic rings. The molecule has 33 heavy (non-hydrogen) atoms. The van der Waals surface area contributed by atoms with Crippen LogP contribution in [0.3, 0.4) is 0 Å². The van der Waals surface area contributed by atoms with Crippen molar-refractivity contribution in [3.8, 4) is 0 Å². The first kappa shape index (κ1) is 24.8. The zero-order valence-electron chi connectivity index (χ0n) is 18.2. The second-order valence-electron chi connectivity index (χ2n) is 7.41. The number of aliphatic hydroxyl groups excluding tert-OH is 1. The molecular formula is C25H26ClN3O3S. The van der Waals surface area contributed by atoms with Gasteiger partial charge < -0.3 is 10.4 Å². The van der Waals surface area contributed by atoms with Crippen molar-refractivity contribution in [3.63, 3.8) is 0 Å². The zero-order chi connectivity index (χ0) is 23.6. The van der Waals surface area contributed by atoms with Gasteiger partial charge in [-0.2, -0.15) is 11.8 Å². The third kappa shape index (κ3) is 7.61. The molecular weight excluding hydrogens is 458 g/mol. The van der Waals surface area contributed by atoms with Gasteiger partial charge in [-0.25, -0.2) is 5.43 Å². The summed E-state index contributed by atoms with van der Waals surface area (Å²) >= 11 is 7.70.